The van der Waals surface area contributed by atoms with Crippen LogP contribution in [0.15, 0.2) is 12.3 Å². The molecule has 1 aliphatic heterocycles. The first-order valence-corrected chi connectivity index (χ1v) is 4.86. The number of β-amino-alcohol motifs (C(OH)–C–C–N with tert-alkyl or cyclic N) is 1. The normalized spacial score (nSPS) is 16.6. The molecule has 1 aromatic heterocycles. The number of nitrogen functional groups attached to an aromatic ring is 1. The van der Waals surface area contributed by atoms with E-state index in [1.807, 2.05) is 6.07 Å². The lowest BCUT2D eigenvalue weighted by molar-refractivity contribution is 0.183. The third kappa shape index (κ3) is 1.86. The number of nitrogens with two attached hydrogens (primary N) is 1. The van der Waals surface area contributed by atoms with Gasteiger partial charge in [-0.3, -0.25) is 9.88 Å². The standard InChI is InChI=1S/C10H15N3O/c11-9-5-8-7-13(3-4-14)2-1-10(8)12-6-9/h5-6,14H,1-4,7,11H2. The van der Waals surface area contributed by atoms with Crippen molar-refractivity contribution in [3.05, 3.63) is 23.5 Å². The fourth-order valence-corrected chi connectivity index (χ4v) is 1.84. The maximum absolute atomic E-state index is 8.84. The summed E-state index contributed by atoms with van der Waals surface area (Å²) in [5.41, 5.74) is 8.73. The van der Waals surface area contributed by atoms with Gasteiger partial charge in [0.15, 0.2) is 0 Å². The minimum Gasteiger partial charge on any atom is -0.397 e. The van der Waals surface area contributed by atoms with E-state index in [0.29, 0.717) is 0 Å². The molecular formula is C10H15N3O. The van der Waals surface area contributed by atoms with Gasteiger partial charge >= 0.3 is 0 Å². The smallest absolute Gasteiger partial charge is 0.0558 e. The van der Waals surface area contributed by atoms with E-state index in [2.05, 4.69) is 9.88 Å². The van der Waals surface area contributed by atoms with Crippen molar-refractivity contribution in [1.29, 1.82) is 0 Å². The first kappa shape index (κ1) is 9.43. The van der Waals surface area contributed by atoms with Crippen LogP contribution in [0.25, 0.3) is 0 Å². The summed E-state index contributed by atoms with van der Waals surface area (Å²) in [5, 5.41) is 8.84. The van der Waals surface area contributed by atoms with Crippen molar-refractivity contribution < 1.29 is 5.11 Å². The molecule has 2 rings (SSSR count). The molecule has 0 atom stereocenters. The Labute approximate surface area is 83.4 Å². The number of nitrogens with zero attached hydrogens (tertiary/aromatic N) is 2. The molecule has 0 spiro atoms. The predicted octanol–water partition coefficient (Wildman–Crippen LogP) is 0.0142. The van der Waals surface area contributed by atoms with E-state index in [9.17, 15) is 0 Å². The molecule has 0 amide bonds. The lowest BCUT2D eigenvalue weighted by Crippen LogP contribution is -2.33. The molecule has 14 heavy (non-hydrogen) atoms. The molecule has 0 fully saturated rings. The van der Waals surface area contributed by atoms with Gasteiger partial charge in [0.1, 0.15) is 0 Å². The van der Waals surface area contributed by atoms with Crippen LogP contribution in [0.5, 0.6) is 0 Å². The zero-order valence-electron chi connectivity index (χ0n) is 8.11. The Bertz CT molecular complexity index is 327. The topological polar surface area (TPSA) is 62.4 Å². The Balaban J connectivity index is 2.16. The second-order valence-corrected chi connectivity index (χ2v) is 3.62. The van der Waals surface area contributed by atoms with Crippen molar-refractivity contribution in [3.63, 3.8) is 0 Å². The highest BCUT2D eigenvalue weighted by atomic mass is 16.3. The molecule has 0 aliphatic carbocycles. The highest BCUT2D eigenvalue weighted by Gasteiger charge is 2.16. The fourth-order valence-electron chi connectivity index (χ4n) is 1.84. The van der Waals surface area contributed by atoms with Crippen LogP contribution in [0.2, 0.25) is 0 Å². The van der Waals surface area contributed by atoms with Gasteiger partial charge in [-0.15, -0.1) is 0 Å². The summed E-state index contributed by atoms with van der Waals surface area (Å²) in [6, 6.07) is 1.98. The number of aliphatic hydroxyl groups excluding tert-OH is 1. The average Bonchev–Trinajstić information content (AvgIpc) is 2.17. The molecule has 0 unspecified atom stereocenters. The Morgan fingerprint density at radius 2 is 2.43 bits per heavy atom. The summed E-state index contributed by atoms with van der Waals surface area (Å²) in [5.74, 6) is 0. The SMILES string of the molecule is Nc1cnc2c(c1)CN(CCO)CC2. The largest absolute Gasteiger partial charge is 0.397 e. The third-order valence-electron chi connectivity index (χ3n) is 2.56. The Kier molecular flexibility index (Phi) is 2.65. The van der Waals surface area contributed by atoms with Crippen molar-refractivity contribution >= 4 is 5.69 Å². The number of hydrogen-bond acceptors (Lipinski definition) is 4. The summed E-state index contributed by atoms with van der Waals surface area (Å²) >= 11 is 0. The minimum atomic E-state index is 0.213. The van der Waals surface area contributed by atoms with Gasteiger partial charge in [-0.05, 0) is 11.6 Å². The van der Waals surface area contributed by atoms with Crippen molar-refractivity contribution in [2.24, 2.45) is 0 Å². The van der Waals surface area contributed by atoms with Crippen LogP contribution in [-0.2, 0) is 13.0 Å². The molecule has 0 bridgehead atoms. The number of aliphatic hydroxyl groups is 1. The molecule has 1 aromatic rings. The number of anilines is 1. The van der Waals surface area contributed by atoms with Gasteiger partial charge in [-0.1, -0.05) is 0 Å². The van der Waals surface area contributed by atoms with E-state index >= 15 is 0 Å². The molecule has 4 heteroatoms. The fraction of sp³-hybridized carbons (Fsp3) is 0.500. The molecule has 1 aliphatic rings. The van der Waals surface area contributed by atoms with E-state index in [1.165, 1.54) is 5.56 Å². The Hall–Kier alpha value is -1.13. The van der Waals surface area contributed by atoms with Crippen molar-refractivity contribution in [3.8, 4) is 0 Å². The van der Waals surface area contributed by atoms with E-state index in [-0.39, 0.29) is 6.61 Å². The zero-order chi connectivity index (χ0) is 9.97. The number of hydrogen-bond donors (Lipinski definition) is 2. The molecule has 76 valence electrons. The van der Waals surface area contributed by atoms with E-state index in [1.54, 1.807) is 6.20 Å². The summed E-state index contributed by atoms with van der Waals surface area (Å²) in [4.78, 5) is 6.51. The van der Waals surface area contributed by atoms with Crippen LogP contribution in [0.3, 0.4) is 0 Å². The van der Waals surface area contributed by atoms with Crippen LogP contribution in [0.1, 0.15) is 11.3 Å². The first-order chi connectivity index (χ1) is 6.79. The number of pyridine rings is 1. The zero-order valence-corrected chi connectivity index (χ0v) is 8.11. The van der Waals surface area contributed by atoms with Gasteiger partial charge in [0, 0.05) is 31.7 Å². The van der Waals surface area contributed by atoms with Gasteiger partial charge in [0.25, 0.3) is 0 Å². The predicted molar refractivity (Wildman–Crippen MR) is 54.7 cm³/mol. The molecule has 0 aromatic carbocycles. The lowest BCUT2D eigenvalue weighted by Gasteiger charge is -2.27. The first-order valence-electron chi connectivity index (χ1n) is 4.86. The minimum absolute atomic E-state index is 0.213. The monoisotopic (exact) mass is 193 g/mol. The highest BCUT2D eigenvalue weighted by Crippen LogP contribution is 2.18. The van der Waals surface area contributed by atoms with E-state index < -0.39 is 0 Å². The van der Waals surface area contributed by atoms with Gasteiger partial charge in [0.2, 0.25) is 0 Å². The highest BCUT2D eigenvalue weighted by molar-refractivity contribution is 5.40. The van der Waals surface area contributed by atoms with Crippen molar-refractivity contribution in [1.82, 2.24) is 9.88 Å². The van der Waals surface area contributed by atoms with Crippen molar-refractivity contribution in [2.75, 3.05) is 25.4 Å². The van der Waals surface area contributed by atoms with Crippen molar-refractivity contribution in [2.45, 2.75) is 13.0 Å². The van der Waals surface area contributed by atoms with Gasteiger partial charge in [0.05, 0.1) is 18.5 Å². The number of aromatic nitrogens is 1. The quantitative estimate of drug-likeness (QED) is 0.694. The lowest BCUT2D eigenvalue weighted by atomic mass is 10.1. The van der Waals surface area contributed by atoms with Crippen LogP contribution < -0.4 is 5.73 Å². The second-order valence-electron chi connectivity index (χ2n) is 3.62. The van der Waals surface area contributed by atoms with Gasteiger partial charge < -0.3 is 10.8 Å². The molecule has 0 radical (unpaired) electrons. The molecule has 0 saturated heterocycles. The molecule has 4 nitrogen and oxygen atoms in total. The number of rotatable bonds is 2. The average molecular weight is 193 g/mol. The van der Waals surface area contributed by atoms with Crippen LogP contribution in [0.4, 0.5) is 5.69 Å². The molecule has 3 N–H and O–H groups in total. The maximum Gasteiger partial charge on any atom is 0.0558 e. The molecule has 0 saturated carbocycles. The van der Waals surface area contributed by atoms with Crippen LogP contribution >= 0.6 is 0 Å². The third-order valence-corrected chi connectivity index (χ3v) is 2.56. The number of fused-ring (bicyclic) bond motifs is 1. The van der Waals surface area contributed by atoms with Crippen LogP contribution in [0, 0.1) is 0 Å². The summed E-state index contributed by atoms with van der Waals surface area (Å²) in [6.07, 6.45) is 2.66. The second kappa shape index (κ2) is 3.94. The molecule has 2 heterocycles. The van der Waals surface area contributed by atoms with Gasteiger partial charge in [-0.2, -0.15) is 0 Å². The Morgan fingerprint density at radius 1 is 1.57 bits per heavy atom. The maximum atomic E-state index is 8.84. The van der Waals surface area contributed by atoms with Gasteiger partial charge in [-0.25, -0.2) is 0 Å². The van der Waals surface area contributed by atoms with Crippen LogP contribution in [-0.4, -0.2) is 34.7 Å². The molecular weight excluding hydrogens is 178 g/mol. The van der Waals surface area contributed by atoms with E-state index in [0.717, 1.165) is 37.4 Å². The summed E-state index contributed by atoms with van der Waals surface area (Å²) < 4.78 is 0. The summed E-state index contributed by atoms with van der Waals surface area (Å²) in [6.45, 7) is 2.78. The summed E-state index contributed by atoms with van der Waals surface area (Å²) in [7, 11) is 0. The van der Waals surface area contributed by atoms with E-state index in [4.69, 9.17) is 10.8 Å². The Morgan fingerprint density at radius 3 is 3.21 bits per heavy atom.